The fraction of sp³-hybridized carbons (Fsp3) is 0.600. The predicted octanol–water partition coefficient (Wildman–Crippen LogP) is 2.64. The number of thioether (sulfide) groups is 1. The van der Waals surface area contributed by atoms with E-state index in [-0.39, 0.29) is 5.97 Å². The molecule has 0 aromatic carbocycles. The van der Waals surface area contributed by atoms with Crippen LogP contribution in [0.4, 0.5) is 0 Å². The van der Waals surface area contributed by atoms with E-state index in [4.69, 9.17) is 4.74 Å². The van der Waals surface area contributed by atoms with Gasteiger partial charge >= 0.3 is 5.97 Å². The highest BCUT2D eigenvalue weighted by Gasteiger charge is 2.46. The molecule has 0 aliphatic heterocycles. The quantitative estimate of drug-likeness (QED) is 0.817. The fourth-order valence-electron chi connectivity index (χ4n) is 2.69. The number of hydrogen-bond donors (Lipinski definition) is 1. The molecule has 0 amide bonds. The summed E-state index contributed by atoms with van der Waals surface area (Å²) in [5.74, 6) is -0.122. The number of nitrogens with zero attached hydrogens (tertiary/aromatic N) is 1. The number of hydrogen-bond acceptors (Lipinski definition) is 5. The van der Waals surface area contributed by atoms with Gasteiger partial charge in [-0.2, -0.15) is 0 Å². The second-order valence-corrected chi connectivity index (χ2v) is 6.54. The van der Waals surface area contributed by atoms with Gasteiger partial charge in [0.1, 0.15) is 5.54 Å². The third-order valence-electron chi connectivity index (χ3n) is 3.71. The monoisotopic (exact) mass is 294 g/mol. The summed E-state index contributed by atoms with van der Waals surface area (Å²) in [7, 11) is 1.47. The number of methoxy groups -OCH3 is 1. The molecule has 110 valence electrons. The van der Waals surface area contributed by atoms with Crippen molar-refractivity contribution in [1.29, 1.82) is 0 Å². The van der Waals surface area contributed by atoms with Crippen molar-refractivity contribution in [3.05, 3.63) is 24.5 Å². The summed E-state index contributed by atoms with van der Waals surface area (Å²) in [5, 5.41) is 3.86. The standard InChI is InChI=1S/C15H22N2O2S/c1-3-8-17-15(14(18)19-2)7-4-13(11-15)20-12-5-9-16-10-6-12/h5-6,9-10,13,17H,3-4,7-8,11H2,1-2H3. The first-order valence-electron chi connectivity index (χ1n) is 7.10. The SMILES string of the molecule is CCCNC1(C(=O)OC)CCC(Sc2ccncc2)C1. The molecule has 1 saturated carbocycles. The maximum Gasteiger partial charge on any atom is 0.326 e. The number of ether oxygens (including phenoxy) is 1. The van der Waals surface area contributed by atoms with Crippen molar-refractivity contribution < 1.29 is 9.53 Å². The van der Waals surface area contributed by atoms with Crippen LogP contribution in [0.5, 0.6) is 0 Å². The van der Waals surface area contributed by atoms with Gasteiger partial charge in [-0.3, -0.25) is 9.78 Å². The first-order valence-corrected chi connectivity index (χ1v) is 7.98. The minimum Gasteiger partial charge on any atom is -0.468 e. The second-order valence-electron chi connectivity index (χ2n) is 5.17. The van der Waals surface area contributed by atoms with E-state index in [1.165, 1.54) is 12.0 Å². The van der Waals surface area contributed by atoms with Crippen LogP contribution in [0.25, 0.3) is 0 Å². The molecule has 1 aromatic rings. The molecule has 1 aliphatic rings. The summed E-state index contributed by atoms with van der Waals surface area (Å²) in [5.41, 5.74) is -0.491. The van der Waals surface area contributed by atoms with E-state index >= 15 is 0 Å². The third kappa shape index (κ3) is 3.52. The highest BCUT2D eigenvalue weighted by molar-refractivity contribution is 8.00. The van der Waals surface area contributed by atoms with Crippen LogP contribution in [0.1, 0.15) is 32.6 Å². The zero-order valence-corrected chi connectivity index (χ0v) is 12.9. The molecular weight excluding hydrogens is 272 g/mol. The van der Waals surface area contributed by atoms with Crippen LogP contribution in [0, 0.1) is 0 Å². The Kier molecular flexibility index (Phi) is 5.43. The van der Waals surface area contributed by atoms with Gasteiger partial charge in [0.15, 0.2) is 0 Å². The van der Waals surface area contributed by atoms with Crippen LogP contribution in [-0.2, 0) is 9.53 Å². The number of aromatic nitrogens is 1. The Morgan fingerprint density at radius 3 is 2.95 bits per heavy atom. The number of esters is 1. The van der Waals surface area contributed by atoms with E-state index in [1.807, 2.05) is 23.9 Å². The van der Waals surface area contributed by atoms with E-state index in [9.17, 15) is 4.79 Å². The van der Waals surface area contributed by atoms with Crippen molar-refractivity contribution in [2.45, 2.75) is 48.3 Å². The molecule has 0 bridgehead atoms. The molecule has 0 spiro atoms. The molecule has 2 unspecified atom stereocenters. The predicted molar refractivity (Wildman–Crippen MR) is 80.8 cm³/mol. The van der Waals surface area contributed by atoms with Crippen LogP contribution in [0.3, 0.4) is 0 Å². The van der Waals surface area contributed by atoms with Gasteiger partial charge in [-0.15, -0.1) is 11.8 Å². The molecule has 1 aromatic heterocycles. The molecular formula is C15H22N2O2S. The molecule has 1 heterocycles. The molecule has 1 N–H and O–H groups in total. The molecule has 0 saturated heterocycles. The highest BCUT2D eigenvalue weighted by atomic mass is 32.2. The van der Waals surface area contributed by atoms with E-state index in [2.05, 4.69) is 17.2 Å². The maximum absolute atomic E-state index is 12.1. The summed E-state index contributed by atoms with van der Waals surface area (Å²) in [4.78, 5) is 17.4. The van der Waals surface area contributed by atoms with Gasteiger partial charge in [-0.1, -0.05) is 6.92 Å². The average molecular weight is 294 g/mol. The Bertz CT molecular complexity index is 441. The van der Waals surface area contributed by atoms with Gasteiger partial charge in [-0.05, 0) is 44.4 Å². The minimum absolute atomic E-state index is 0.122. The summed E-state index contributed by atoms with van der Waals surface area (Å²) in [6.07, 6.45) is 7.33. The van der Waals surface area contributed by atoms with Gasteiger partial charge < -0.3 is 10.1 Å². The van der Waals surface area contributed by atoms with Crippen molar-refractivity contribution in [1.82, 2.24) is 10.3 Å². The molecule has 1 aliphatic carbocycles. The second kappa shape index (κ2) is 7.09. The molecule has 2 rings (SSSR count). The van der Waals surface area contributed by atoms with Gasteiger partial charge in [0, 0.05) is 22.5 Å². The third-order valence-corrected chi connectivity index (χ3v) is 4.99. The first-order chi connectivity index (χ1) is 9.70. The minimum atomic E-state index is -0.491. The smallest absolute Gasteiger partial charge is 0.326 e. The van der Waals surface area contributed by atoms with E-state index < -0.39 is 5.54 Å². The summed E-state index contributed by atoms with van der Waals surface area (Å²) < 4.78 is 5.01. The zero-order chi connectivity index (χ0) is 14.4. The lowest BCUT2D eigenvalue weighted by Crippen LogP contribution is -2.51. The fourth-order valence-corrected chi connectivity index (χ4v) is 3.96. The average Bonchev–Trinajstić information content (AvgIpc) is 2.90. The van der Waals surface area contributed by atoms with E-state index in [0.717, 1.165) is 32.2 Å². The lowest BCUT2D eigenvalue weighted by Gasteiger charge is -2.27. The van der Waals surface area contributed by atoms with Crippen LogP contribution >= 0.6 is 11.8 Å². The number of rotatable bonds is 6. The number of pyridine rings is 1. The van der Waals surface area contributed by atoms with E-state index in [0.29, 0.717) is 5.25 Å². The van der Waals surface area contributed by atoms with Crippen LogP contribution in [0.15, 0.2) is 29.4 Å². The topological polar surface area (TPSA) is 51.2 Å². The van der Waals surface area contributed by atoms with Crippen LogP contribution in [-0.4, -0.2) is 35.4 Å². The van der Waals surface area contributed by atoms with Crippen LogP contribution < -0.4 is 5.32 Å². The molecule has 20 heavy (non-hydrogen) atoms. The Labute approximate surface area is 124 Å². The van der Waals surface area contributed by atoms with Crippen molar-refractivity contribution in [2.24, 2.45) is 0 Å². The largest absolute Gasteiger partial charge is 0.468 e. The Hall–Kier alpha value is -1.07. The summed E-state index contributed by atoms with van der Waals surface area (Å²) in [6.45, 7) is 2.96. The van der Waals surface area contributed by atoms with Gasteiger partial charge in [0.25, 0.3) is 0 Å². The molecule has 0 radical (unpaired) electrons. The Balaban J connectivity index is 2.01. The molecule has 4 nitrogen and oxygen atoms in total. The first kappa shape index (κ1) is 15.3. The lowest BCUT2D eigenvalue weighted by molar-refractivity contribution is -0.148. The van der Waals surface area contributed by atoms with Gasteiger partial charge in [0.2, 0.25) is 0 Å². The zero-order valence-electron chi connectivity index (χ0n) is 12.1. The molecule has 5 heteroatoms. The Morgan fingerprint density at radius 2 is 2.30 bits per heavy atom. The number of nitrogens with one attached hydrogen (secondary N) is 1. The van der Waals surface area contributed by atoms with Crippen LogP contribution in [0.2, 0.25) is 0 Å². The molecule has 2 atom stereocenters. The number of carbonyl (C=O) groups excluding carboxylic acids is 1. The summed E-state index contributed by atoms with van der Waals surface area (Å²) >= 11 is 1.83. The Morgan fingerprint density at radius 1 is 1.55 bits per heavy atom. The normalized spacial score (nSPS) is 25.6. The van der Waals surface area contributed by atoms with Crippen molar-refractivity contribution in [2.75, 3.05) is 13.7 Å². The van der Waals surface area contributed by atoms with Crippen molar-refractivity contribution >= 4 is 17.7 Å². The van der Waals surface area contributed by atoms with Gasteiger partial charge in [-0.25, -0.2) is 0 Å². The van der Waals surface area contributed by atoms with Gasteiger partial charge in [0.05, 0.1) is 7.11 Å². The summed E-state index contributed by atoms with van der Waals surface area (Å²) in [6, 6.07) is 4.03. The lowest BCUT2D eigenvalue weighted by atomic mass is 9.97. The van der Waals surface area contributed by atoms with Crippen molar-refractivity contribution in [3.8, 4) is 0 Å². The van der Waals surface area contributed by atoms with Crippen molar-refractivity contribution in [3.63, 3.8) is 0 Å². The highest BCUT2D eigenvalue weighted by Crippen LogP contribution is 2.40. The van der Waals surface area contributed by atoms with E-state index in [1.54, 1.807) is 12.4 Å². The maximum atomic E-state index is 12.1. The number of carbonyl (C=O) groups is 1. The molecule has 1 fully saturated rings.